The first-order valence-corrected chi connectivity index (χ1v) is 6.25. The lowest BCUT2D eigenvalue weighted by Gasteiger charge is -2.22. The minimum absolute atomic E-state index is 0.139. The van der Waals surface area contributed by atoms with Gasteiger partial charge in [-0.3, -0.25) is 0 Å². The molecule has 0 bridgehead atoms. The van der Waals surface area contributed by atoms with Crippen molar-refractivity contribution < 1.29 is 13.2 Å². The zero-order chi connectivity index (χ0) is 14.2. The van der Waals surface area contributed by atoms with E-state index in [0.29, 0.717) is 6.07 Å². The molecule has 0 radical (unpaired) electrons. The van der Waals surface area contributed by atoms with E-state index < -0.39 is 21.8 Å². The van der Waals surface area contributed by atoms with Crippen molar-refractivity contribution in [2.24, 2.45) is 0 Å². The minimum Gasteiger partial charge on any atom is -0.207 e. The second-order valence-corrected chi connectivity index (χ2v) is 5.53. The molecule has 0 aromatic heterocycles. The van der Waals surface area contributed by atoms with Crippen molar-refractivity contribution in [1.82, 2.24) is 0 Å². The van der Waals surface area contributed by atoms with Crippen LogP contribution in [-0.4, -0.2) is 0 Å². The van der Waals surface area contributed by atoms with E-state index >= 15 is 0 Å². The first-order chi connectivity index (χ1) is 8.84. The fourth-order valence-electron chi connectivity index (χ4n) is 1.62. The molecule has 2 aromatic rings. The molecule has 0 unspecified atom stereocenters. The molecule has 0 amide bonds. The second kappa shape index (κ2) is 5.23. The van der Waals surface area contributed by atoms with Crippen molar-refractivity contribution in [2.75, 3.05) is 0 Å². The Morgan fingerprint density at radius 3 is 2.05 bits per heavy atom. The van der Waals surface area contributed by atoms with Gasteiger partial charge in [0.1, 0.15) is 17.5 Å². The number of rotatable bonds is 2. The second-order valence-electron chi connectivity index (χ2n) is 3.80. The van der Waals surface area contributed by atoms with Gasteiger partial charge in [0.25, 0.3) is 0 Å². The average molecular weight is 326 g/mol. The maximum atomic E-state index is 13.8. The van der Waals surface area contributed by atoms with Crippen LogP contribution >= 0.6 is 34.8 Å². The Hall–Kier alpha value is -0.900. The summed E-state index contributed by atoms with van der Waals surface area (Å²) in [7, 11) is 0. The quantitative estimate of drug-likeness (QED) is 0.510. The van der Waals surface area contributed by atoms with Crippen LogP contribution in [0.5, 0.6) is 0 Å². The van der Waals surface area contributed by atoms with Crippen molar-refractivity contribution in [1.29, 1.82) is 0 Å². The van der Waals surface area contributed by atoms with Crippen LogP contribution in [0.1, 0.15) is 11.1 Å². The summed E-state index contributed by atoms with van der Waals surface area (Å²) in [6.07, 6.45) is 0. The molecule has 6 heteroatoms. The summed E-state index contributed by atoms with van der Waals surface area (Å²) in [5.74, 6) is -2.65. The molecule has 0 saturated carbocycles. The number of benzene rings is 2. The highest BCUT2D eigenvalue weighted by Crippen LogP contribution is 2.44. The lowest BCUT2D eigenvalue weighted by Crippen LogP contribution is -2.16. The Balaban J connectivity index is 2.63. The number of hydrogen-bond acceptors (Lipinski definition) is 0. The van der Waals surface area contributed by atoms with Gasteiger partial charge in [-0.2, -0.15) is 0 Å². The van der Waals surface area contributed by atoms with Crippen LogP contribution in [-0.2, 0) is 4.33 Å². The molecule has 0 atom stereocenters. The Morgan fingerprint density at radius 2 is 1.42 bits per heavy atom. The molecule has 0 N–H and O–H groups in total. The molecule has 19 heavy (non-hydrogen) atoms. The Kier molecular flexibility index (Phi) is 4.00. The van der Waals surface area contributed by atoms with Crippen LogP contribution < -0.4 is 0 Å². The van der Waals surface area contributed by atoms with Gasteiger partial charge in [-0.05, 0) is 12.1 Å². The van der Waals surface area contributed by atoms with Gasteiger partial charge in [0.15, 0.2) is 4.33 Å². The fraction of sp³-hybridized carbons (Fsp3) is 0.0769. The molecule has 0 heterocycles. The van der Waals surface area contributed by atoms with E-state index in [-0.39, 0.29) is 16.1 Å². The van der Waals surface area contributed by atoms with Crippen LogP contribution in [0, 0.1) is 17.5 Å². The monoisotopic (exact) mass is 324 g/mol. The minimum atomic E-state index is -2.01. The summed E-state index contributed by atoms with van der Waals surface area (Å²) in [5.41, 5.74) is -0.452. The zero-order valence-corrected chi connectivity index (χ0v) is 11.5. The zero-order valence-electron chi connectivity index (χ0n) is 9.23. The van der Waals surface area contributed by atoms with E-state index in [2.05, 4.69) is 0 Å². The third-order valence-corrected chi connectivity index (χ3v) is 3.66. The van der Waals surface area contributed by atoms with Gasteiger partial charge in [0, 0.05) is 17.2 Å². The van der Waals surface area contributed by atoms with E-state index in [0.717, 1.165) is 12.1 Å². The van der Waals surface area contributed by atoms with Crippen LogP contribution in [0.2, 0.25) is 5.02 Å². The topological polar surface area (TPSA) is 0 Å². The van der Waals surface area contributed by atoms with Crippen molar-refractivity contribution in [3.63, 3.8) is 0 Å². The van der Waals surface area contributed by atoms with Crippen molar-refractivity contribution in [2.45, 2.75) is 4.33 Å². The molecule has 2 rings (SSSR count). The molecular weight excluding hydrogens is 319 g/mol. The standard InChI is InChI=1S/C13H6Cl3F3/c14-9-5-8(11(18)6-12(9)19)13(15,16)7-3-1-2-4-10(7)17/h1-6H. The highest BCUT2D eigenvalue weighted by atomic mass is 35.5. The van der Waals surface area contributed by atoms with Crippen molar-refractivity contribution in [3.8, 4) is 0 Å². The Labute approximate surface area is 122 Å². The number of alkyl halides is 2. The molecule has 0 nitrogen and oxygen atoms in total. The van der Waals surface area contributed by atoms with E-state index in [4.69, 9.17) is 34.8 Å². The van der Waals surface area contributed by atoms with Gasteiger partial charge < -0.3 is 0 Å². The lowest BCUT2D eigenvalue weighted by molar-refractivity contribution is 0.565. The summed E-state index contributed by atoms with van der Waals surface area (Å²) in [6, 6.07) is 6.89. The molecule has 100 valence electrons. The molecule has 0 aliphatic rings. The van der Waals surface area contributed by atoms with Gasteiger partial charge in [-0.1, -0.05) is 53.0 Å². The SMILES string of the molecule is Fc1cc(F)c(C(Cl)(Cl)c2ccccc2F)cc1Cl. The third kappa shape index (κ3) is 2.69. The van der Waals surface area contributed by atoms with Gasteiger partial charge in [0.2, 0.25) is 0 Å². The van der Waals surface area contributed by atoms with Gasteiger partial charge in [-0.15, -0.1) is 0 Å². The first-order valence-electron chi connectivity index (χ1n) is 5.12. The van der Waals surface area contributed by atoms with Crippen LogP contribution in [0.25, 0.3) is 0 Å². The van der Waals surface area contributed by atoms with E-state index in [9.17, 15) is 13.2 Å². The maximum Gasteiger partial charge on any atom is 0.173 e. The largest absolute Gasteiger partial charge is 0.207 e. The summed E-state index contributed by atoms with van der Waals surface area (Å²) in [4.78, 5) is 0. The molecule has 0 aliphatic carbocycles. The van der Waals surface area contributed by atoms with Crippen molar-refractivity contribution in [3.05, 3.63) is 70.0 Å². The lowest BCUT2D eigenvalue weighted by atomic mass is 10.0. The summed E-state index contributed by atoms with van der Waals surface area (Å²) in [5, 5.41) is -0.349. The highest BCUT2D eigenvalue weighted by molar-refractivity contribution is 6.50. The molecular formula is C13H6Cl3F3. The van der Waals surface area contributed by atoms with Gasteiger partial charge >= 0.3 is 0 Å². The molecule has 0 saturated heterocycles. The van der Waals surface area contributed by atoms with Gasteiger partial charge in [-0.25, -0.2) is 13.2 Å². The number of hydrogen-bond donors (Lipinski definition) is 0. The van der Waals surface area contributed by atoms with Crippen LogP contribution in [0.15, 0.2) is 36.4 Å². The Morgan fingerprint density at radius 1 is 0.789 bits per heavy atom. The highest BCUT2D eigenvalue weighted by Gasteiger charge is 2.35. The first kappa shape index (κ1) is 14.5. The van der Waals surface area contributed by atoms with E-state index in [1.807, 2.05) is 0 Å². The molecule has 0 spiro atoms. The molecule has 0 fully saturated rings. The smallest absolute Gasteiger partial charge is 0.173 e. The summed E-state index contributed by atoms with van der Waals surface area (Å²) < 4.78 is 38.5. The third-order valence-electron chi connectivity index (χ3n) is 2.56. The fourth-order valence-corrected chi connectivity index (χ4v) is 2.38. The average Bonchev–Trinajstić information content (AvgIpc) is 2.34. The van der Waals surface area contributed by atoms with E-state index in [1.165, 1.54) is 18.2 Å². The molecule has 2 aromatic carbocycles. The normalized spacial score (nSPS) is 11.7. The van der Waals surface area contributed by atoms with Crippen LogP contribution in [0.4, 0.5) is 13.2 Å². The predicted molar refractivity (Wildman–Crippen MR) is 70.3 cm³/mol. The van der Waals surface area contributed by atoms with Crippen molar-refractivity contribution >= 4 is 34.8 Å². The van der Waals surface area contributed by atoms with Gasteiger partial charge in [0.05, 0.1) is 5.02 Å². The maximum absolute atomic E-state index is 13.8. The van der Waals surface area contributed by atoms with E-state index in [1.54, 1.807) is 0 Å². The Bertz CT molecular complexity index is 627. The summed E-state index contributed by atoms with van der Waals surface area (Å²) in [6.45, 7) is 0. The molecule has 0 aliphatic heterocycles. The predicted octanol–water partition coefficient (Wildman–Crippen LogP) is 5.44. The number of halogens is 6. The summed E-state index contributed by atoms with van der Waals surface area (Å²) >= 11 is 17.6. The van der Waals surface area contributed by atoms with Crippen LogP contribution in [0.3, 0.4) is 0 Å².